The predicted octanol–water partition coefficient (Wildman–Crippen LogP) is 2.11. The average molecular weight is 267 g/mol. The summed E-state index contributed by atoms with van der Waals surface area (Å²) in [6.45, 7) is 12.0. The summed E-state index contributed by atoms with van der Waals surface area (Å²) in [6, 6.07) is 0.292. The summed E-state index contributed by atoms with van der Waals surface area (Å²) in [5, 5.41) is 0. The molecular formula is C13H25N5O. The van der Waals surface area contributed by atoms with E-state index < -0.39 is 0 Å². The molecule has 0 aliphatic rings. The molecule has 0 aliphatic carbocycles. The highest BCUT2D eigenvalue weighted by atomic mass is 16.5. The van der Waals surface area contributed by atoms with Gasteiger partial charge in [0.1, 0.15) is 0 Å². The summed E-state index contributed by atoms with van der Waals surface area (Å²) in [4.78, 5) is 14.6. The molecule has 0 bridgehead atoms. The Morgan fingerprint density at radius 2 is 1.84 bits per heavy atom. The molecule has 1 unspecified atom stereocenters. The molecule has 1 aromatic heterocycles. The molecule has 0 radical (unpaired) electrons. The van der Waals surface area contributed by atoms with Crippen LogP contribution in [0.25, 0.3) is 0 Å². The third-order valence-electron chi connectivity index (χ3n) is 2.86. The lowest BCUT2D eigenvalue weighted by Gasteiger charge is -2.24. The summed E-state index contributed by atoms with van der Waals surface area (Å²) in [5.74, 6) is 1.36. The van der Waals surface area contributed by atoms with E-state index in [1.165, 1.54) is 0 Å². The van der Waals surface area contributed by atoms with Crippen molar-refractivity contribution in [3.05, 3.63) is 0 Å². The molecule has 19 heavy (non-hydrogen) atoms. The minimum Gasteiger partial charge on any atom is -0.461 e. The third-order valence-corrected chi connectivity index (χ3v) is 2.86. The van der Waals surface area contributed by atoms with Gasteiger partial charge >= 0.3 is 6.01 Å². The molecule has 1 heterocycles. The quantitative estimate of drug-likeness (QED) is 0.815. The van der Waals surface area contributed by atoms with Crippen molar-refractivity contribution < 1.29 is 4.74 Å². The molecule has 1 rings (SSSR count). The Morgan fingerprint density at radius 3 is 2.37 bits per heavy atom. The number of nitrogens with zero attached hydrogens (tertiary/aromatic N) is 4. The summed E-state index contributed by atoms with van der Waals surface area (Å²) in [5.41, 5.74) is 5.72. The van der Waals surface area contributed by atoms with Crippen LogP contribution in [0.5, 0.6) is 6.01 Å². The van der Waals surface area contributed by atoms with E-state index in [4.69, 9.17) is 10.5 Å². The van der Waals surface area contributed by atoms with Crippen LogP contribution in [0.4, 0.5) is 11.9 Å². The SMILES string of the molecule is CCC(C)CN(CC)c1nc(N)nc(OC(C)C)n1. The molecule has 108 valence electrons. The van der Waals surface area contributed by atoms with Crippen LogP contribution in [-0.4, -0.2) is 34.1 Å². The van der Waals surface area contributed by atoms with Gasteiger partial charge in [-0.25, -0.2) is 0 Å². The van der Waals surface area contributed by atoms with E-state index in [1.807, 2.05) is 13.8 Å². The van der Waals surface area contributed by atoms with Gasteiger partial charge in [-0.1, -0.05) is 20.3 Å². The van der Waals surface area contributed by atoms with E-state index in [-0.39, 0.29) is 12.1 Å². The third kappa shape index (κ3) is 4.89. The zero-order valence-corrected chi connectivity index (χ0v) is 12.6. The maximum atomic E-state index is 5.72. The highest BCUT2D eigenvalue weighted by Crippen LogP contribution is 2.16. The van der Waals surface area contributed by atoms with E-state index in [9.17, 15) is 0 Å². The molecule has 0 aromatic carbocycles. The Bertz CT molecular complexity index is 397. The zero-order valence-electron chi connectivity index (χ0n) is 12.6. The number of anilines is 2. The summed E-state index contributed by atoms with van der Waals surface area (Å²) in [7, 11) is 0. The number of nitrogens with two attached hydrogens (primary N) is 1. The summed E-state index contributed by atoms with van der Waals surface area (Å²) >= 11 is 0. The van der Waals surface area contributed by atoms with Crippen molar-refractivity contribution >= 4 is 11.9 Å². The molecule has 2 N–H and O–H groups in total. The van der Waals surface area contributed by atoms with Gasteiger partial charge in [0.15, 0.2) is 0 Å². The molecule has 0 saturated carbocycles. The maximum Gasteiger partial charge on any atom is 0.323 e. The van der Waals surface area contributed by atoms with Crippen molar-refractivity contribution in [3.8, 4) is 6.01 Å². The van der Waals surface area contributed by atoms with Crippen molar-refractivity contribution in [2.24, 2.45) is 5.92 Å². The van der Waals surface area contributed by atoms with Gasteiger partial charge in [0, 0.05) is 13.1 Å². The molecule has 0 fully saturated rings. The van der Waals surface area contributed by atoms with E-state index in [2.05, 4.69) is 40.6 Å². The topological polar surface area (TPSA) is 77.2 Å². The fourth-order valence-electron chi connectivity index (χ4n) is 1.62. The second-order valence-electron chi connectivity index (χ2n) is 4.99. The zero-order chi connectivity index (χ0) is 14.4. The summed E-state index contributed by atoms with van der Waals surface area (Å²) < 4.78 is 5.49. The Hall–Kier alpha value is -1.59. The second kappa shape index (κ2) is 7.11. The van der Waals surface area contributed by atoms with Crippen LogP contribution >= 0.6 is 0 Å². The van der Waals surface area contributed by atoms with Crippen LogP contribution in [0, 0.1) is 5.92 Å². The Morgan fingerprint density at radius 1 is 1.16 bits per heavy atom. The van der Waals surface area contributed by atoms with Crippen LogP contribution in [0.3, 0.4) is 0 Å². The first-order chi connectivity index (χ1) is 8.96. The highest BCUT2D eigenvalue weighted by molar-refractivity contribution is 5.35. The monoisotopic (exact) mass is 267 g/mol. The van der Waals surface area contributed by atoms with Gasteiger partial charge in [0.25, 0.3) is 0 Å². The van der Waals surface area contributed by atoms with Crippen LogP contribution in [0.1, 0.15) is 41.0 Å². The van der Waals surface area contributed by atoms with Gasteiger partial charge in [-0.3, -0.25) is 0 Å². The van der Waals surface area contributed by atoms with Gasteiger partial charge < -0.3 is 15.4 Å². The first kappa shape index (κ1) is 15.5. The van der Waals surface area contributed by atoms with E-state index in [0.29, 0.717) is 17.9 Å². The Balaban J connectivity index is 2.93. The van der Waals surface area contributed by atoms with Crippen molar-refractivity contribution in [3.63, 3.8) is 0 Å². The van der Waals surface area contributed by atoms with E-state index in [1.54, 1.807) is 0 Å². The number of aromatic nitrogens is 3. The lowest BCUT2D eigenvalue weighted by molar-refractivity contribution is 0.222. The molecule has 6 heteroatoms. The van der Waals surface area contributed by atoms with E-state index >= 15 is 0 Å². The maximum absolute atomic E-state index is 5.72. The first-order valence-electron chi connectivity index (χ1n) is 6.89. The predicted molar refractivity (Wildman–Crippen MR) is 77.3 cm³/mol. The van der Waals surface area contributed by atoms with Crippen molar-refractivity contribution in [2.75, 3.05) is 23.7 Å². The van der Waals surface area contributed by atoms with Crippen LogP contribution in [0.15, 0.2) is 0 Å². The largest absolute Gasteiger partial charge is 0.461 e. The lowest BCUT2D eigenvalue weighted by atomic mass is 10.1. The number of nitrogen functional groups attached to an aromatic ring is 1. The number of rotatable bonds is 7. The Labute approximate surface area is 115 Å². The molecule has 1 aromatic rings. The fraction of sp³-hybridized carbons (Fsp3) is 0.769. The number of hydrogen-bond acceptors (Lipinski definition) is 6. The van der Waals surface area contributed by atoms with Crippen molar-refractivity contribution in [1.82, 2.24) is 15.0 Å². The van der Waals surface area contributed by atoms with Gasteiger partial charge in [-0.15, -0.1) is 0 Å². The standard InChI is InChI=1S/C13H25N5O/c1-6-10(5)8-18(7-2)12-15-11(14)16-13(17-12)19-9(3)4/h9-10H,6-8H2,1-5H3,(H2,14,15,16,17). The normalized spacial score (nSPS) is 12.5. The van der Waals surface area contributed by atoms with Crippen LogP contribution < -0.4 is 15.4 Å². The average Bonchev–Trinajstić information content (AvgIpc) is 2.33. The Kier molecular flexibility index (Phi) is 5.79. The van der Waals surface area contributed by atoms with Gasteiger partial charge in [0.2, 0.25) is 11.9 Å². The summed E-state index contributed by atoms with van der Waals surface area (Å²) in [6.07, 6.45) is 1.13. The van der Waals surface area contributed by atoms with Crippen molar-refractivity contribution in [1.29, 1.82) is 0 Å². The lowest BCUT2D eigenvalue weighted by Crippen LogP contribution is -2.30. The first-order valence-corrected chi connectivity index (χ1v) is 6.89. The van der Waals surface area contributed by atoms with Gasteiger partial charge in [0.05, 0.1) is 6.10 Å². The van der Waals surface area contributed by atoms with Gasteiger partial charge in [-0.05, 0) is 26.7 Å². The molecule has 0 aliphatic heterocycles. The molecule has 0 amide bonds. The van der Waals surface area contributed by atoms with Crippen molar-refractivity contribution in [2.45, 2.75) is 47.1 Å². The minimum absolute atomic E-state index is 0.0132. The smallest absolute Gasteiger partial charge is 0.323 e. The fourth-order valence-corrected chi connectivity index (χ4v) is 1.62. The van der Waals surface area contributed by atoms with E-state index in [0.717, 1.165) is 19.5 Å². The molecule has 6 nitrogen and oxygen atoms in total. The molecule has 0 spiro atoms. The highest BCUT2D eigenvalue weighted by Gasteiger charge is 2.14. The molecular weight excluding hydrogens is 242 g/mol. The minimum atomic E-state index is 0.0132. The second-order valence-corrected chi connectivity index (χ2v) is 4.99. The molecule has 0 saturated heterocycles. The van der Waals surface area contributed by atoms with Gasteiger partial charge in [-0.2, -0.15) is 15.0 Å². The number of ether oxygens (including phenoxy) is 1. The van der Waals surface area contributed by atoms with Crippen LogP contribution in [-0.2, 0) is 0 Å². The van der Waals surface area contributed by atoms with Crippen LogP contribution in [0.2, 0.25) is 0 Å². The molecule has 1 atom stereocenters. The number of hydrogen-bond donors (Lipinski definition) is 1.